The number of hydrogen-bond donors (Lipinski definition) is 2. The molecule has 6 nitrogen and oxygen atoms in total. The molecule has 0 amide bonds. The average Bonchev–Trinajstić information content (AvgIpc) is 2.89. The van der Waals surface area contributed by atoms with Crippen LogP contribution in [0.25, 0.3) is 0 Å². The molecule has 0 aliphatic heterocycles. The minimum absolute atomic E-state index is 0.464. The molecular weight excluding hydrogens is 302 g/mol. The summed E-state index contributed by atoms with van der Waals surface area (Å²) < 4.78 is 5.17. The lowest BCUT2D eigenvalue weighted by Gasteiger charge is -2.16. The second-order valence-corrected chi connectivity index (χ2v) is 6.20. The fourth-order valence-electron chi connectivity index (χ4n) is 2.99. The van der Waals surface area contributed by atoms with Crippen molar-refractivity contribution in [1.82, 2.24) is 15.2 Å². The summed E-state index contributed by atoms with van der Waals surface area (Å²) in [4.78, 5) is 4.53. The maximum absolute atomic E-state index is 5.17. The Morgan fingerprint density at radius 1 is 1.08 bits per heavy atom. The highest BCUT2D eigenvalue weighted by Crippen LogP contribution is 2.20. The van der Waals surface area contributed by atoms with E-state index in [1.54, 1.807) is 13.3 Å². The van der Waals surface area contributed by atoms with E-state index in [0.29, 0.717) is 18.5 Å². The van der Waals surface area contributed by atoms with Crippen LogP contribution in [-0.2, 0) is 6.54 Å². The van der Waals surface area contributed by atoms with Crippen molar-refractivity contribution >= 4 is 11.8 Å². The molecule has 24 heavy (non-hydrogen) atoms. The van der Waals surface area contributed by atoms with Crippen molar-refractivity contribution in [2.75, 3.05) is 17.7 Å². The summed E-state index contributed by atoms with van der Waals surface area (Å²) >= 11 is 0. The highest BCUT2D eigenvalue weighted by Gasteiger charge is 2.13. The molecule has 0 spiro atoms. The molecule has 2 aromatic rings. The first-order valence-corrected chi connectivity index (χ1v) is 8.66. The second kappa shape index (κ2) is 8.47. The molecule has 0 saturated heterocycles. The van der Waals surface area contributed by atoms with Crippen LogP contribution in [-0.4, -0.2) is 28.3 Å². The fraction of sp³-hybridized carbons (Fsp3) is 0.500. The first-order chi connectivity index (χ1) is 11.8. The van der Waals surface area contributed by atoms with Gasteiger partial charge >= 0.3 is 0 Å². The van der Waals surface area contributed by atoms with Gasteiger partial charge in [0, 0.05) is 12.6 Å². The van der Waals surface area contributed by atoms with Crippen molar-refractivity contribution in [2.45, 2.75) is 51.1 Å². The van der Waals surface area contributed by atoms with Crippen LogP contribution in [0.15, 0.2) is 30.5 Å². The lowest BCUT2D eigenvalue weighted by Crippen LogP contribution is -2.20. The summed E-state index contributed by atoms with van der Waals surface area (Å²) in [6.07, 6.45) is 9.25. The average molecular weight is 327 g/mol. The Kier molecular flexibility index (Phi) is 5.82. The molecule has 1 aliphatic rings. The van der Waals surface area contributed by atoms with E-state index in [0.717, 1.165) is 17.1 Å². The van der Waals surface area contributed by atoms with Crippen LogP contribution in [0.1, 0.15) is 44.1 Å². The van der Waals surface area contributed by atoms with Gasteiger partial charge in [-0.3, -0.25) is 0 Å². The van der Waals surface area contributed by atoms with Gasteiger partial charge in [-0.15, -0.1) is 5.10 Å². The first kappa shape index (κ1) is 16.5. The van der Waals surface area contributed by atoms with E-state index in [9.17, 15) is 0 Å². The molecule has 1 fully saturated rings. The molecule has 6 heteroatoms. The van der Waals surface area contributed by atoms with E-state index in [4.69, 9.17) is 4.74 Å². The monoisotopic (exact) mass is 327 g/mol. The molecule has 2 N–H and O–H groups in total. The Labute approximate surface area is 143 Å². The van der Waals surface area contributed by atoms with Crippen molar-refractivity contribution in [1.29, 1.82) is 0 Å². The molecule has 128 valence electrons. The molecular formula is C18H25N5O. The predicted molar refractivity (Wildman–Crippen MR) is 95.3 cm³/mol. The van der Waals surface area contributed by atoms with Crippen LogP contribution in [0.5, 0.6) is 5.75 Å². The number of anilines is 2. The van der Waals surface area contributed by atoms with Crippen LogP contribution in [0, 0.1) is 0 Å². The molecule has 1 aromatic heterocycles. The second-order valence-electron chi connectivity index (χ2n) is 6.20. The summed E-state index contributed by atoms with van der Waals surface area (Å²) in [5.41, 5.74) is 1.16. The van der Waals surface area contributed by atoms with Crippen LogP contribution in [0.2, 0.25) is 0 Å². The maximum Gasteiger partial charge on any atom is 0.244 e. The Bertz CT molecular complexity index is 624. The Hall–Kier alpha value is -2.37. The number of methoxy groups -OCH3 is 1. The minimum atomic E-state index is 0.464. The molecule has 0 unspecified atom stereocenters. The zero-order chi connectivity index (χ0) is 16.6. The molecule has 1 aromatic carbocycles. The van der Waals surface area contributed by atoms with Crippen LogP contribution in [0.3, 0.4) is 0 Å². The standard InChI is InChI=1S/C18H25N5O/c1-24-16-10-8-14(9-11-16)12-19-17-13-20-23-18(22-17)21-15-6-4-2-3-5-7-15/h8-11,13,15H,2-7,12H2,1H3,(H2,19,21,22,23). The quantitative estimate of drug-likeness (QED) is 0.790. The zero-order valence-corrected chi connectivity index (χ0v) is 14.2. The van der Waals surface area contributed by atoms with Gasteiger partial charge in [-0.25, -0.2) is 0 Å². The minimum Gasteiger partial charge on any atom is -0.497 e. The van der Waals surface area contributed by atoms with Gasteiger partial charge in [0.25, 0.3) is 0 Å². The number of hydrogen-bond acceptors (Lipinski definition) is 6. The Morgan fingerprint density at radius 3 is 2.54 bits per heavy atom. The number of nitrogens with zero attached hydrogens (tertiary/aromatic N) is 3. The van der Waals surface area contributed by atoms with E-state index in [2.05, 4.69) is 25.8 Å². The van der Waals surface area contributed by atoms with Crippen molar-refractivity contribution in [3.8, 4) is 5.75 Å². The van der Waals surface area contributed by atoms with Gasteiger partial charge in [0.05, 0.1) is 13.3 Å². The predicted octanol–water partition coefficient (Wildman–Crippen LogP) is 3.63. The number of aromatic nitrogens is 3. The normalized spacial score (nSPS) is 15.5. The summed E-state index contributed by atoms with van der Waals surface area (Å²) in [5, 5.41) is 14.9. The van der Waals surface area contributed by atoms with Gasteiger partial charge < -0.3 is 15.4 Å². The van der Waals surface area contributed by atoms with Crippen molar-refractivity contribution < 1.29 is 4.74 Å². The van der Waals surface area contributed by atoms with Crippen molar-refractivity contribution in [3.63, 3.8) is 0 Å². The summed E-state index contributed by atoms with van der Waals surface area (Å²) in [6.45, 7) is 0.686. The fourth-order valence-corrected chi connectivity index (χ4v) is 2.99. The number of rotatable bonds is 6. The molecule has 0 atom stereocenters. The van der Waals surface area contributed by atoms with Gasteiger partial charge in [0.2, 0.25) is 5.95 Å². The SMILES string of the molecule is COc1ccc(CNc2cnnc(NC3CCCCCC3)n2)cc1. The highest BCUT2D eigenvalue weighted by molar-refractivity contribution is 5.39. The maximum atomic E-state index is 5.17. The highest BCUT2D eigenvalue weighted by atomic mass is 16.5. The Balaban J connectivity index is 1.55. The largest absolute Gasteiger partial charge is 0.497 e. The van der Waals surface area contributed by atoms with E-state index in [-0.39, 0.29) is 0 Å². The number of ether oxygens (including phenoxy) is 1. The van der Waals surface area contributed by atoms with Crippen LogP contribution < -0.4 is 15.4 Å². The summed E-state index contributed by atoms with van der Waals surface area (Å²) in [7, 11) is 1.67. The summed E-state index contributed by atoms with van der Waals surface area (Å²) in [6, 6.07) is 8.44. The van der Waals surface area contributed by atoms with E-state index in [1.165, 1.54) is 38.5 Å². The van der Waals surface area contributed by atoms with E-state index >= 15 is 0 Å². The number of benzene rings is 1. The third kappa shape index (κ3) is 4.81. The molecule has 1 saturated carbocycles. The first-order valence-electron chi connectivity index (χ1n) is 8.66. The Morgan fingerprint density at radius 2 is 1.83 bits per heavy atom. The van der Waals surface area contributed by atoms with Crippen LogP contribution >= 0.6 is 0 Å². The third-order valence-electron chi connectivity index (χ3n) is 4.38. The van der Waals surface area contributed by atoms with Crippen molar-refractivity contribution in [3.05, 3.63) is 36.0 Å². The van der Waals surface area contributed by atoms with Gasteiger partial charge in [0.15, 0.2) is 5.82 Å². The van der Waals surface area contributed by atoms with Gasteiger partial charge in [-0.05, 0) is 30.5 Å². The van der Waals surface area contributed by atoms with E-state index < -0.39 is 0 Å². The topological polar surface area (TPSA) is 72.0 Å². The zero-order valence-electron chi connectivity index (χ0n) is 14.2. The van der Waals surface area contributed by atoms with E-state index in [1.807, 2.05) is 24.3 Å². The summed E-state index contributed by atoms with van der Waals surface area (Å²) in [5.74, 6) is 2.20. The number of nitrogens with one attached hydrogen (secondary N) is 2. The van der Waals surface area contributed by atoms with Crippen molar-refractivity contribution in [2.24, 2.45) is 0 Å². The lowest BCUT2D eigenvalue weighted by molar-refractivity contribution is 0.414. The third-order valence-corrected chi connectivity index (χ3v) is 4.38. The lowest BCUT2D eigenvalue weighted by atomic mass is 10.1. The molecule has 1 aliphatic carbocycles. The smallest absolute Gasteiger partial charge is 0.244 e. The van der Waals surface area contributed by atoms with Gasteiger partial charge in [0.1, 0.15) is 5.75 Å². The molecule has 0 bridgehead atoms. The molecule has 3 rings (SSSR count). The van der Waals surface area contributed by atoms with Crippen LogP contribution in [0.4, 0.5) is 11.8 Å². The molecule has 0 radical (unpaired) electrons. The molecule has 1 heterocycles. The van der Waals surface area contributed by atoms with Gasteiger partial charge in [-0.1, -0.05) is 37.8 Å². The van der Waals surface area contributed by atoms with Gasteiger partial charge in [-0.2, -0.15) is 10.1 Å².